The number of nitrogens with zero attached hydrogens (tertiary/aromatic N) is 1. The molecule has 178 valence electrons. The molecule has 0 fully saturated rings. The van der Waals surface area contributed by atoms with Crippen molar-refractivity contribution in [3.8, 4) is 5.75 Å². The SMILES string of the molecule is O=c1[nH]c2c(O)ccc(C(O)CNCCc3cccc(CNCCCc4ccccn4)c3)c2s1. The first-order valence-corrected chi connectivity index (χ1v) is 12.3. The highest BCUT2D eigenvalue weighted by atomic mass is 32.1. The summed E-state index contributed by atoms with van der Waals surface area (Å²) in [6, 6.07) is 17.7. The fourth-order valence-corrected chi connectivity index (χ4v) is 4.87. The van der Waals surface area contributed by atoms with E-state index in [2.05, 4.69) is 50.9 Å². The van der Waals surface area contributed by atoms with Crippen molar-refractivity contribution in [3.05, 3.63) is 92.8 Å². The zero-order valence-electron chi connectivity index (χ0n) is 19.0. The van der Waals surface area contributed by atoms with E-state index in [0.29, 0.717) is 22.3 Å². The van der Waals surface area contributed by atoms with Crippen LogP contribution in [0.2, 0.25) is 0 Å². The Morgan fingerprint density at radius 2 is 1.88 bits per heavy atom. The molecule has 2 heterocycles. The van der Waals surface area contributed by atoms with E-state index in [4.69, 9.17) is 0 Å². The largest absolute Gasteiger partial charge is 0.506 e. The zero-order valence-corrected chi connectivity index (χ0v) is 19.8. The van der Waals surface area contributed by atoms with Crippen molar-refractivity contribution in [1.29, 1.82) is 0 Å². The molecule has 0 radical (unpaired) electrons. The fourth-order valence-electron chi connectivity index (χ4n) is 3.95. The molecule has 0 aliphatic heterocycles. The van der Waals surface area contributed by atoms with E-state index >= 15 is 0 Å². The summed E-state index contributed by atoms with van der Waals surface area (Å²) >= 11 is 0.999. The quantitative estimate of drug-likeness (QED) is 0.200. The summed E-state index contributed by atoms with van der Waals surface area (Å²) in [5.74, 6) is 0.0137. The predicted molar refractivity (Wildman–Crippen MR) is 136 cm³/mol. The van der Waals surface area contributed by atoms with Crippen LogP contribution in [0.5, 0.6) is 5.75 Å². The van der Waals surface area contributed by atoms with Crippen LogP contribution in [-0.2, 0) is 19.4 Å². The Kier molecular flexibility index (Phi) is 8.43. The Labute approximate surface area is 202 Å². The Morgan fingerprint density at radius 3 is 2.74 bits per heavy atom. The first kappa shape index (κ1) is 24.1. The summed E-state index contributed by atoms with van der Waals surface area (Å²) in [4.78, 5) is 18.4. The number of aliphatic hydroxyl groups is 1. The number of hydrogen-bond donors (Lipinski definition) is 5. The monoisotopic (exact) mass is 478 g/mol. The standard InChI is InChI=1S/C26H30N4O3S/c31-22-10-9-21(25-24(22)30-26(33)34-25)23(32)17-28-14-11-18-5-3-6-19(15-18)16-27-12-4-8-20-7-1-2-13-29-20/h1-3,5-7,9-10,13,15,23,27-28,31-32H,4,8,11-12,14,16-17H2,(H,30,33). The van der Waals surface area contributed by atoms with Crippen LogP contribution in [0.3, 0.4) is 0 Å². The van der Waals surface area contributed by atoms with E-state index in [9.17, 15) is 15.0 Å². The molecular formula is C26H30N4O3S. The Bertz CT molecular complexity index is 1260. The minimum atomic E-state index is -0.767. The Hall–Kier alpha value is -3.04. The number of fused-ring (bicyclic) bond motifs is 1. The molecule has 1 unspecified atom stereocenters. The number of hydrogen-bond acceptors (Lipinski definition) is 7. The van der Waals surface area contributed by atoms with Gasteiger partial charge in [-0.25, -0.2) is 0 Å². The van der Waals surface area contributed by atoms with Gasteiger partial charge in [-0.3, -0.25) is 9.78 Å². The molecule has 0 bridgehead atoms. The van der Waals surface area contributed by atoms with Crippen LogP contribution in [0, 0.1) is 0 Å². The van der Waals surface area contributed by atoms with Crippen LogP contribution >= 0.6 is 11.3 Å². The van der Waals surface area contributed by atoms with Crippen molar-refractivity contribution < 1.29 is 10.2 Å². The topological polar surface area (TPSA) is 110 Å². The van der Waals surface area contributed by atoms with Gasteiger partial charge in [0.15, 0.2) is 0 Å². The Balaban J connectivity index is 1.19. The third kappa shape index (κ3) is 6.51. The van der Waals surface area contributed by atoms with Gasteiger partial charge >= 0.3 is 4.87 Å². The fraction of sp³-hybridized carbons (Fsp3) is 0.308. The van der Waals surface area contributed by atoms with E-state index in [0.717, 1.165) is 55.9 Å². The second kappa shape index (κ2) is 11.9. The second-order valence-corrected chi connectivity index (χ2v) is 9.27. The highest BCUT2D eigenvalue weighted by Crippen LogP contribution is 2.31. The second-order valence-electron chi connectivity index (χ2n) is 8.28. The van der Waals surface area contributed by atoms with Gasteiger partial charge < -0.3 is 25.8 Å². The maximum Gasteiger partial charge on any atom is 0.305 e. The molecule has 0 aliphatic carbocycles. The summed E-state index contributed by atoms with van der Waals surface area (Å²) in [7, 11) is 0. The number of aromatic nitrogens is 2. The van der Waals surface area contributed by atoms with Crippen molar-refractivity contribution in [1.82, 2.24) is 20.6 Å². The number of H-pyrrole nitrogens is 1. The third-order valence-electron chi connectivity index (χ3n) is 5.71. The van der Waals surface area contributed by atoms with Crippen molar-refractivity contribution in [2.45, 2.75) is 31.9 Å². The average molecular weight is 479 g/mol. The molecule has 4 rings (SSSR count). The molecule has 2 aromatic carbocycles. The van der Waals surface area contributed by atoms with E-state index in [1.165, 1.54) is 17.2 Å². The first-order valence-electron chi connectivity index (χ1n) is 11.5. The number of aromatic hydroxyl groups is 1. The number of phenolic OH excluding ortho intramolecular Hbond substituents is 1. The number of nitrogens with one attached hydrogen (secondary N) is 3. The maximum absolute atomic E-state index is 11.7. The molecule has 1 atom stereocenters. The van der Waals surface area contributed by atoms with Crippen LogP contribution in [0.1, 0.15) is 34.9 Å². The molecule has 0 aliphatic rings. The number of phenols is 1. The highest BCUT2D eigenvalue weighted by Gasteiger charge is 2.15. The molecular weight excluding hydrogens is 448 g/mol. The van der Waals surface area contributed by atoms with Crippen LogP contribution < -0.4 is 15.5 Å². The molecule has 5 N–H and O–H groups in total. The van der Waals surface area contributed by atoms with Crippen LogP contribution in [0.15, 0.2) is 65.6 Å². The van der Waals surface area contributed by atoms with Crippen LogP contribution in [0.4, 0.5) is 0 Å². The van der Waals surface area contributed by atoms with Gasteiger partial charge in [0.25, 0.3) is 0 Å². The minimum absolute atomic E-state index is 0.0137. The normalized spacial score (nSPS) is 12.3. The molecule has 0 saturated carbocycles. The number of rotatable bonds is 12. The van der Waals surface area contributed by atoms with Gasteiger partial charge in [-0.1, -0.05) is 47.7 Å². The number of benzene rings is 2. The lowest BCUT2D eigenvalue weighted by atomic mass is 10.1. The summed E-state index contributed by atoms with van der Waals surface area (Å²) in [5.41, 5.74) is 4.64. The minimum Gasteiger partial charge on any atom is -0.506 e. The molecule has 4 aromatic rings. The number of thiazole rings is 1. The number of aromatic amines is 1. The lowest BCUT2D eigenvalue weighted by molar-refractivity contribution is 0.176. The van der Waals surface area contributed by atoms with Crippen molar-refractivity contribution >= 4 is 21.6 Å². The van der Waals surface area contributed by atoms with Crippen molar-refractivity contribution in [2.24, 2.45) is 0 Å². The van der Waals surface area contributed by atoms with Crippen molar-refractivity contribution in [3.63, 3.8) is 0 Å². The molecule has 2 aromatic heterocycles. The third-order valence-corrected chi connectivity index (χ3v) is 6.64. The lowest BCUT2D eigenvalue weighted by Crippen LogP contribution is -2.24. The number of pyridine rings is 1. The van der Waals surface area contributed by atoms with E-state index in [-0.39, 0.29) is 10.6 Å². The first-order chi connectivity index (χ1) is 16.6. The summed E-state index contributed by atoms with van der Waals surface area (Å²) in [5, 5.41) is 27.3. The van der Waals surface area contributed by atoms with Gasteiger partial charge in [0.1, 0.15) is 11.3 Å². The van der Waals surface area contributed by atoms with Crippen LogP contribution in [0.25, 0.3) is 10.2 Å². The summed E-state index contributed by atoms with van der Waals surface area (Å²) in [6.45, 7) is 2.87. The molecule has 8 heteroatoms. The highest BCUT2D eigenvalue weighted by molar-refractivity contribution is 7.16. The van der Waals surface area contributed by atoms with Gasteiger partial charge in [0, 0.05) is 30.5 Å². The number of aliphatic hydroxyl groups excluding tert-OH is 1. The predicted octanol–water partition coefficient (Wildman–Crippen LogP) is 3.28. The molecule has 34 heavy (non-hydrogen) atoms. The van der Waals surface area contributed by atoms with E-state index in [1.807, 2.05) is 18.3 Å². The lowest BCUT2D eigenvalue weighted by Gasteiger charge is -2.14. The number of aryl methyl sites for hydroxylation is 1. The van der Waals surface area contributed by atoms with Gasteiger partial charge in [-0.2, -0.15) is 0 Å². The average Bonchev–Trinajstić information content (AvgIpc) is 3.25. The zero-order chi connectivity index (χ0) is 23.8. The van der Waals surface area contributed by atoms with Gasteiger partial charge in [-0.15, -0.1) is 0 Å². The molecule has 7 nitrogen and oxygen atoms in total. The van der Waals surface area contributed by atoms with Crippen molar-refractivity contribution in [2.75, 3.05) is 19.6 Å². The molecule has 0 saturated heterocycles. The van der Waals surface area contributed by atoms with Gasteiger partial charge in [0.2, 0.25) is 0 Å². The van der Waals surface area contributed by atoms with E-state index < -0.39 is 6.10 Å². The Morgan fingerprint density at radius 1 is 1.00 bits per heavy atom. The maximum atomic E-state index is 11.7. The molecule has 0 spiro atoms. The molecule has 0 amide bonds. The smallest absolute Gasteiger partial charge is 0.305 e. The van der Waals surface area contributed by atoms with Crippen LogP contribution in [-0.4, -0.2) is 39.8 Å². The van der Waals surface area contributed by atoms with Gasteiger partial charge in [0.05, 0.1) is 10.8 Å². The summed E-state index contributed by atoms with van der Waals surface area (Å²) < 4.78 is 0.597. The van der Waals surface area contributed by atoms with Gasteiger partial charge in [-0.05, 0) is 61.7 Å². The summed E-state index contributed by atoms with van der Waals surface area (Å²) in [6.07, 6.45) is 3.95. The van der Waals surface area contributed by atoms with E-state index in [1.54, 1.807) is 6.07 Å².